The SMILES string of the molecule is CCOC(=O)c1cc2c(OC)csc2n1Cc1ccccc1. The minimum absolute atomic E-state index is 0.302. The minimum atomic E-state index is -0.302. The van der Waals surface area contributed by atoms with E-state index in [-0.39, 0.29) is 5.97 Å². The second-order valence-electron chi connectivity index (χ2n) is 4.84. The van der Waals surface area contributed by atoms with E-state index in [1.54, 1.807) is 18.4 Å². The summed E-state index contributed by atoms with van der Waals surface area (Å²) in [6.07, 6.45) is 0. The van der Waals surface area contributed by atoms with Crippen LogP contribution in [0.15, 0.2) is 41.8 Å². The van der Waals surface area contributed by atoms with Gasteiger partial charge < -0.3 is 14.0 Å². The third-order valence-electron chi connectivity index (χ3n) is 3.48. The first-order valence-corrected chi connectivity index (χ1v) is 7.98. The molecule has 1 aromatic carbocycles. The Morgan fingerprint density at radius 2 is 2.05 bits per heavy atom. The fourth-order valence-electron chi connectivity index (χ4n) is 2.46. The average molecular weight is 315 g/mol. The second kappa shape index (κ2) is 6.23. The van der Waals surface area contributed by atoms with Crippen LogP contribution in [0.1, 0.15) is 23.0 Å². The van der Waals surface area contributed by atoms with Gasteiger partial charge in [0.25, 0.3) is 0 Å². The van der Waals surface area contributed by atoms with Crippen molar-refractivity contribution < 1.29 is 14.3 Å². The van der Waals surface area contributed by atoms with Gasteiger partial charge in [0.1, 0.15) is 16.3 Å². The van der Waals surface area contributed by atoms with Gasteiger partial charge in [-0.05, 0) is 18.6 Å². The Morgan fingerprint density at radius 3 is 2.73 bits per heavy atom. The van der Waals surface area contributed by atoms with E-state index in [1.807, 2.05) is 53.3 Å². The average Bonchev–Trinajstić information content (AvgIpc) is 3.08. The molecule has 0 atom stereocenters. The molecule has 0 saturated carbocycles. The predicted molar refractivity (Wildman–Crippen MR) is 87.9 cm³/mol. The lowest BCUT2D eigenvalue weighted by Gasteiger charge is -2.09. The maximum absolute atomic E-state index is 12.2. The van der Waals surface area contributed by atoms with E-state index in [4.69, 9.17) is 9.47 Å². The third kappa shape index (κ3) is 2.60. The van der Waals surface area contributed by atoms with E-state index < -0.39 is 0 Å². The molecular formula is C17H17NO3S. The summed E-state index contributed by atoms with van der Waals surface area (Å²) in [7, 11) is 1.64. The predicted octanol–water partition coefficient (Wildman–Crippen LogP) is 3.94. The third-order valence-corrected chi connectivity index (χ3v) is 4.47. The number of thiophene rings is 1. The molecule has 0 aliphatic heterocycles. The number of ether oxygens (including phenoxy) is 2. The Kier molecular flexibility index (Phi) is 4.15. The number of aromatic nitrogens is 1. The lowest BCUT2D eigenvalue weighted by Crippen LogP contribution is -2.12. The molecule has 2 heterocycles. The van der Waals surface area contributed by atoms with Crippen molar-refractivity contribution in [3.05, 3.63) is 53.0 Å². The van der Waals surface area contributed by atoms with Gasteiger partial charge in [-0.3, -0.25) is 0 Å². The number of benzene rings is 1. The zero-order valence-electron chi connectivity index (χ0n) is 12.5. The molecule has 2 aromatic heterocycles. The van der Waals surface area contributed by atoms with Gasteiger partial charge in [0, 0.05) is 11.9 Å². The topological polar surface area (TPSA) is 40.5 Å². The maximum Gasteiger partial charge on any atom is 0.355 e. The molecule has 0 aliphatic carbocycles. The standard InChI is InChI=1S/C17H17NO3S/c1-3-21-17(19)14-9-13-15(20-2)11-22-16(13)18(14)10-12-7-5-4-6-8-12/h4-9,11H,3,10H2,1-2H3. The van der Waals surface area contributed by atoms with Gasteiger partial charge in [-0.25, -0.2) is 4.79 Å². The molecule has 22 heavy (non-hydrogen) atoms. The van der Waals surface area contributed by atoms with E-state index >= 15 is 0 Å². The Bertz CT molecular complexity index is 789. The Morgan fingerprint density at radius 1 is 1.27 bits per heavy atom. The molecule has 5 heteroatoms. The van der Waals surface area contributed by atoms with Gasteiger partial charge in [0.05, 0.1) is 19.1 Å². The van der Waals surface area contributed by atoms with Crippen LogP contribution in [0, 0.1) is 0 Å². The fourth-order valence-corrected chi connectivity index (χ4v) is 3.48. The van der Waals surface area contributed by atoms with E-state index in [0.717, 1.165) is 21.5 Å². The number of carbonyl (C=O) groups is 1. The molecule has 0 radical (unpaired) electrons. The van der Waals surface area contributed by atoms with Crippen LogP contribution in [0.3, 0.4) is 0 Å². The second-order valence-corrected chi connectivity index (χ2v) is 5.70. The van der Waals surface area contributed by atoms with Crippen LogP contribution >= 0.6 is 11.3 Å². The van der Waals surface area contributed by atoms with Gasteiger partial charge in [-0.1, -0.05) is 30.3 Å². The number of fused-ring (bicyclic) bond motifs is 1. The normalized spacial score (nSPS) is 10.8. The summed E-state index contributed by atoms with van der Waals surface area (Å²) < 4.78 is 12.5. The largest absolute Gasteiger partial charge is 0.495 e. The highest BCUT2D eigenvalue weighted by Gasteiger charge is 2.20. The lowest BCUT2D eigenvalue weighted by atomic mass is 10.2. The molecule has 0 amide bonds. The van der Waals surface area contributed by atoms with Crippen LogP contribution in [0.5, 0.6) is 5.75 Å². The van der Waals surface area contributed by atoms with Crippen molar-refractivity contribution >= 4 is 27.5 Å². The summed E-state index contributed by atoms with van der Waals surface area (Å²) in [5.74, 6) is 0.487. The van der Waals surface area contributed by atoms with Crippen LogP contribution in [0.2, 0.25) is 0 Å². The van der Waals surface area contributed by atoms with Gasteiger partial charge in [0.15, 0.2) is 0 Å². The van der Waals surface area contributed by atoms with Crippen LogP contribution in [0.4, 0.5) is 0 Å². The van der Waals surface area contributed by atoms with Crippen LogP contribution < -0.4 is 4.74 Å². The number of hydrogen-bond donors (Lipinski definition) is 0. The number of rotatable bonds is 5. The molecule has 114 valence electrons. The van der Waals surface area contributed by atoms with Gasteiger partial charge >= 0.3 is 5.97 Å². The highest BCUT2D eigenvalue weighted by atomic mass is 32.1. The molecule has 4 nitrogen and oxygen atoms in total. The van der Waals surface area contributed by atoms with Crippen LogP contribution in [-0.4, -0.2) is 24.3 Å². The van der Waals surface area contributed by atoms with E-state index in [9.17, 15) is 4.79 Å². The van der Waals surface area contributed by atoms with E-state index in [2.05, 4.69) is 0 Å². The first-order valence-electron chi connectivity index (χ1n) is 7.10. The molecule has 0 unspecified atom stereocenters. The Balaban J connectivity index is 2.10. The highest BCUT2D eigenvalue weighted by Crippen LogP contribution is 2.35. The number of carbonyl (C=O) groups excluding carboxylic acids is 1. The number of nitrogens with zero attached hydrogens (tertiary/aromatic N) is 1. The monoisotopic (exact) mass is 315 g/mol. The van der Waals surface area contributed by atoms with Crippen molar-refractivity contribution in [2.45, 2.75) is 13.5 Å². The summed E-state index contributed by atoms with van der Waals surface area (Å²) in [5, 5.41) is 2.91. The first-order chi connectivity index (χ1) is 10.7. The van der Waals surface area contributed by atoms with Crippen molar-refractivity contribution in [2.75, 3.05) is 13.7 Å². The molecule has 0 spiro atoms. The molecule has 0 bridgehead atoms. The summed E-state index contributed by atoms with van der Waals surface area (Å²) in [5.41, 5.74) is 1.70. The van der Waals surface area contributed by atoms with Crippen molar-refractivity contribution in [1.29, 1.82) is 0 Å². The summed E-state index contributed by atoms with van der Waals surface area (Å²) in [6, 6.07) is 11.9. The van der Waals surface area contributed by atoms with Crippen molar-refractivity contribution in [2.24, 2.45) is 0 Å². The Hall–Kier alpha value is -2.27. The molecule has 0 N–H and O–H groups in total. The fraction of sp³-hybridized carbons (Fsp3) is 0.235. The number of methoxy groups -OCH3 is 1. The Labute approximate surface area is 132 Å². The summed E-state index contributed by atoms with van der Waals surface area (Å²) in [6.45, 7) is 2.80. The summed E-state index contributed by atoms with van der Waals surface area (Å²) >= 11 is 1.57. The molecule has 0 aliphatic rings. The minimum Gasteiger partial charge on any atom is -0.495 e. The number of esters is 1. The highest BCUT2D eigenvalue weighted by molar-refractivity contribution is 7.17. The maximum atomic E-state index is 12.2. The van der Waals surface area contributed by atoms with Gasteiger partial charge in [-0.15, -0.1) is 11.3 Å². The summed E-state index contributed by atoms with van der Waals surface area (Å²) in [4.78, 5) is 13.3. The zero-order valence-corrected chi connectivity index (χ0v) is 13.4. The van der Waals surface area contributed by atoms with Crippen molar-refractivity contribution in [3.63, 3.8) is 0 Å². The lowest BCUT2D eigenvalue weighted by molar-refractivity contribution is 0.0515. The smallest absolute Gasteiger partial charge is 0.355 e. The van der Waals surface area contributed by atoms with E-state index in [1.165, 1.54) is 0 Å². The molecule has 0 fully saturated rings. The first kappa shape index (κ1) is 14.7. The molecule has 3 rings (SSSR count). The molecule has 0 saturated heterocycles. The number of hydrogen-bond acceptors (Lipinski definition) is 4. The van der Waals surface area contributed by atoms with E-state index in [0.29, 0.717) is 18.8 Å². The van der Waals surface area contributed by atoms with Crippen LogP contribution in [-0.2, 0) is 11.3 Å². The molecule has 3 aromatic rings. The quantitative estimate of drug-likeness (QED) is 0.670. The van der Waals surface area contributed by atoms with Crippen molar-refractivity contribution in [3.8, 4) is 5.75 Å². The zero-order chi connectivity index (χ0) is 15.5. The molecular weight excluding hydrogens is 298 g/mol. The van der Waals surface area contributed by atoms with Gasteiger partial charge in [-0.2, -0.15) is 0 Å². The van der Waals surface area contributed by atoms with Crippen molar-refractivity contribution in [1.82, 2.24) is 4.57 Å². The van der Waals surface area contributed by atoms with Gasteiger partial charge in [0.2, 0.25) is 0 Å². The van der Waals surface area contributed by atoms with Crippen LogP contribution in [0.25, 0.3) is 10.2 Å².